The lowest BCUT2D eigenvalue weighted by Gasteiger charge is -2.22. The summed E-state index contributed by atoms with van der Waals surface area (Å²) in [6.07, 6.45) is 0.679. The second kappa shape index (κ2) is 10.3. The number of amides is 1. The first-order chi connectivity index (χ1) is 13.2. The number of benzene rings is 1. The van der Waals surface area contributed by atoms with Crippen LogP contribution in [-0.2, 0) is 21.2 Å². The van der Waals surface area contributed by atoms with Crippen LogP contribution in [0, 0.1) is 0 Å². The van der Waals surface area contributed by atoms with E-state index in [0.29, 0.717) is 42.1 Å². The molecule has 1 unspecified atom stereocenters. The molecule has 1 aliphatic heterocycles. The lowest BCUT2D eigenvalue weighted by atomic mass is 10.2. The van der Waals surface area contributed by atoms with E-state index in [1.807, 2.05) is 31.0 Å². The highest BCUT2D eigenvalue weighted by atomic mass is 35.5. The van der Waals surface area contributed by atoms with E-state index in [-0.39, 0.29) is 29.9 Å². The summed E-state index contributed by atoms with van der Waals surface area (Å²) in [4.78, 5) is 18.5. The average Bonchev–Trinajstić information content (AvgIpc) is 2.95. The second-order valence-electron chi connectivity index (χ2n) is 6.76. The van der Waals surface area contributed by atoms with E-state index in [1.165, 1.54) is 0 Å². The summed E-state index contributed by atoms with van der Waals surface area (Å²) < 4.78 is 22.9. The maximum absolute atomic E-state index is 12.0. The molecular weight excluding hydrogens is 423 g/mol. The van der Waals surface area contributed by atoms with Gasteiger partial charge in [0.25, 0.3) is 0 Å². The van der Waals surface area contributed by atoms with Crippen molar-refractivity contribution in [2.45, 2.75) is 32.4 Å². The van der Waals surface area contributed by atoms with E-state index in [9.17, 15) is 13.2 Å². The molecule has 1 aliphatic rings. The number of sulfone groups is 1. The lowest BCUT2D eigenvalue weighted by Crippen LogP contribution is -2.39. The zero-order valence-electron chi connectivity index (χ0n) is 16.0. The summed E-state index contributed by atoms with van der Waals surface area (Å²) in [5.41, 5.74) is 0.989. The number of guanidine groups is 1. The maximum Gasteiger partial charge on any atom is 0.222 e. The van der Waals surface area contributed by atoms with Gasteiger partial charge >= 0.3 is 0 Å². The zero-order valence-corrected chi connectivity index (χ0v) is 18.4. The number of aliphatic imine (C=N–C) groups is 1. The van der Waals surface area contributed by atoms with Crippen molar-refractivity contribution in [1.82, 2.24) is 15.5 Å². The molecule has 1 saturated heterocycles. The van der Waals surface area contributed by atoms with Crippen LogP contribution >= 0.6 is 23.2 Å². The number of carbonyl (C=O) groups is 1. The van der Waals surface area contributed by atoms with Crippen LogP contribution < -0.4 is 10.6 Å². The summed E-state index contributed by atoms with van der Waals surface area (Å²) in [5.74, 6) is 0.649. The standard InChI is InChI=1S/C18H26Cl2N4O3S/c1-3-21-18(24(2)11-13-4-5-15(19)16(20)10-13)22-8-6-17(25)23-14-7-9-28(26,27)12-14/h4-5,10,14H,3,6-9,11-12H2,1-2H3,(H,21,22)(H,23,25). The van der Waals surface area contributed by atoms with E-state index in [4.69, 9.17) is 23.2 Å². The minimum Gasteiger partial charge on any atom is -0.357 e. The fraction of sp³-hybridized carbons (Fsp3) is 0.556. The van der Waals surface area contributed by atoms with Crippen LogP contribution in [-0.4, -0.2) is 62.9 Å². The van der Waals surface area contributed by atoms with Gasteiger partial charge in [-0.1, -0.05) is 29.3 Å². The Morgan fingerprint density at radius 2 is 2.07 bits per heavy atom. The molecule has 7 nitrogen and oxygen atoms in total. The lowest BCUT2D eigenvalue weighted by molar-refractivity contribution is -0.121. The van der Waals surface area contributed by atoms with E-state index >= 15 is 0 Å². The monoisotopic (exact) mass is 448 g/mol. The molecule has 0 aromatic heterocycles. The van der Waals surface area contributed by atoms with Gasteiger partial charge in [0.1, 0.15) is 0 Å². The van der Waals surface area contributed by atoms with Gasteiger partial charge in [-0.25, -0.2) is 8.42 Å². The second-order valence-corrected chi connectivity index (χ2v) is 9.80. The Balaban J connectivity index is 1.88. The van der Waals surface area contributed by atoms with Gasteiger partial charge < -0.3 is 15.5 Å². The van der Waals surface area contributed by atoms with Crippen molar-refractivity contribution >= 4 is 44.9 Å². The summed E-state index contributed by atoms with van der Waals surface area (Å²) in [6, 6.07) is 5.18. The number of hydrogen-bond donors (Lipinski definition) is 2. The van der Waals surface area contributed by atoms with E-state index in [2.05, 4.69) is 15.6 Å². The Morgan fingerprint density at radius 1 is 1.32 bits per heavy atom. The number of hydrogen-bond acceptors (Lipinski definition) is 4. The molecule has 1 fully saturated rings. The third kappa shape index (κ3) is 7.14. The first-order valence-electron chi connectivity index (χ1n) is 9.13. The van der Waals surface area contributed by atoms with Crippen LogP contribution in [0.4, 0.5) is 0 Å². The number of carbonyl (C=O) groups excluding carboxylic acids is 1. The summed E-state index contributed by atoms with van der Waals surface area (Å²) >= 11 is 12.0. The van der Waals surface area contributed by atoms with E-state index < -0.39 is 9.84 Å². The van der Waals surface area contributed by atoms with Gasteiger partial charge in [0.05, 0.1) is 28.1 Å². The molecule has 0 radical (unpaired) electrons. The topological polar surface area (TPSA) is 90.9 Å². The molecule has 1 heterocycles. The van der Waals surface area contributed by atoms with Crippen molar-refractivity contribution in [3.8, 4) is 0 Å². The number of nitrogens with one attached hydrogen (secondary N) is 2. The van der Waals surface area contributed by atoms with Gasteiger partial charge in [0.2, 0.25) is 5.91 Å². The Morgan fingerprint density at radius 3 is 2.68 bits per heavy atom. The molecule has 1 aromatic rings. The minimum absolute atomic E-state index is 0.0248. The Kier molecular flexibility index (Phi) is 8.39. The van der Waals surface area contributed by atoms with Gasteiger partial charge in [-0.05, 0) is 31.0 Å². The van der Waals surface area contributed by atoms with Gasteiger partial charge in [-0.2, -0.15) is 0 Å². The van der Waals surface area contributed by atoms with Gasteiger partial charge in [0.15, 0.2) is 15.8 Å². The third-order valence-corrected chi connectivity index (χ3v) is 6.81. The molecule has 10 heteroatoms. The van der Waals surface area contributed by atoms with Gasteiger partial charge in [-0.15, -0.1) is 0 Å². The van der Waals surface area contributed by atoms with Crippen LogP contribution in [0.3, 0.4) is 0 Å². The highest BCUT2D eigenvalue weighted by Gasteiger charge is 2.28. The first-order valence-corrected chi connectivity index (χ1v) is 11.7. The van der Waals surface area contributed by atoms with Crippen LogP contribution in [0.2, 0.25) is 10.0 Å². The number of halogens is 2. The van der Waals surface area contributed by atoms with Crippen molar-refractivity contribution in [3.63, 3.8) is 0 Å². The molecule has 28 heavy (non-hydrogen) atoms. The molecule has 2 rings (SSSR count). The van der Waals surface area contributed by atoms with Crippen molar-refractivity contribution in [1.29, 1.82) is 0 Å². The number of rotatable bonds is 7. The molecule has 0 spiro atoms. The zero-order chi connectivity index (χ0) is 20.7. The number of nitrogens with zero attached hydrogens (tertiary/aromatic N) is 2. The normalized spacial score (nSPS) is 18.7. The van der Waals surface area contributed by atoms with Crippen LogP contribution in [0.1, 0.15) is 25.3 Å². The largest absolute Gasteiger partial charge is 0.357 e. The molecule has 0 saturated carbocycles. The predicted molar refractivity (Wildman–Crippen MR) is 114 cm³/mol. The smallest absolute Gasteiger partial charge is 0.222 e. The van der Waals surface area contributed by atoms with Crippen molar-refractivity contribution in [3.05, 3.63) is 33.8 Å². The highest BCUT2D eigenvalue weighted by molar-refractivity contribution is 7.91. The summed E-state index contributed by atoms with van der Waals surface area (Å²) in [7, 11) is -1.11. The molecule has 1 atom stereocenters. The van der Waals surface area contributed by atoms with Crippen molar-refractivity contribution in [2.24, 2.45) is 4.99 Å². The highest BCUT2D eigenvalue weighted by Crippen LogP contribution is 2.23. The first kappa shape index (κ1) is 22.8. The summed E-state index contributed by atoms with van der Waals surface area (Å²) in [6.45, 7) is 3.54. The van der Waals surface area contributed by atoms with Crippen LogP contribution in [0.15, 0.2) is 23.2 Å². The molecule has 0 bridgehead atoms. The van der Waals surface area contributed by atoms with E-state index in [0.717, 1.165) is 5.56 Å². The minimum atomic E-state index is -3.01. The summed E-state index contributed by atoms with van der Waals surface area (Å²) in [5, 5.41) is 6.97. The molecule has 0 aliphatic carbocycles. The predicted octanol–water partition coefficient (Wildman–Crippen LogP) is 2.08. The molecular formula is C18H26Cl2N4O3S. The Labute approximate surface area is 176 Å². The Hall–Kier alpha value is -1.51. The van der Waals surface area contributed by atoms with Crippen LogP contribution in [0.25, 0.3) is 0 Å². The molecule has 2 N–H and O–H groups in total. The van der Waals surface area contributed by atoms with Crippen molar-refractivity contribution < 1.29 is 13.2 Å². The SMILES string of the molecule is CCNC(=NCCC(=O)NC1CCS(=O)(=O)C1)N(C)Cc1ccc(Cl)c(Cl)c1. The van der Waals surface area contributed by atoms with E-state index in [1.54, 1.807) is 6.07 Å². The fourth-order valence-electron chi connectivity index (χ4n) is 2.93. The van der Waals surface area contributed by atoms with Gasteiger partial charge in [0, 0.05) is 32.6 Å². The molecule has 156 valence electrons. The Bertz CT molecular complexity index is 830. The van der Waals surface area contributed by atoms with Crippen molar-refractivity contribution in [2.75, 3.05) is 31.6 Å². The average molecular weight is 449 g/mol. The van der Waals surface area contributed by atoms with Crippen LogP contribution in [0.5, 0.6) is 0 Å². The quantitative estimate of drug-likeness (QED) is 0.492. The van der Waals surface area contributed by atoms with Gasteiger partial charge in [-0.3, -0.25) is 9.79 Å². The molecule has 1 amide bonds. The maximum atomic E-state index is 12.0. The fourth-order valence-corrected chi connectivity index (χ4v) is 4.92. The third-order valence-electron chi connectivity index (χ3n) is 4.30. The molecule has 1 aromatic carbocycles.